The second kappa shape index (κ2) is 6.17. The van der Waals surface area contributed by atoms with E-state index in [9.17, 15) is 4.79 Å². The van der Waals surface area contributed by atoms with Gasteiger partial charge in [-0.15, -0.1) is 0 Å². The predicted octanol–water partition coefficient (Wildman–Crippen LogP) is 1.21. The third kappa shape index (κ3) is 3.94. The fourth-order valence-electron chi connectivity index (χ4n) is 1.23. The van der Waals surface area contributed by atoms with Crippen LogP contribution in [0.3, 0.4) is 0 Å². The van der Waals surface area contributed by atoms with Gasteiger partial charge in [0, 0.05) is 23.9 Å². The molecule has 0 atom stereocenters. The summed E-state index contributed by atoms with van der Waals surface area (Å²) in [6.07, 6.45) is 2.49. The van der Waals surface area contributed by atoms with Crippen molar-refractivity contribution in [2.75, 3.05) is 6.61 Å². The second-order valence-corrected chi connectivity index (χ2v) is 3.64. The average molecular weight is 238 g/mol. The number of esters is 1. The summed E-state index contributed by atoms with van der Waals surface area (Å²) >= 11 is 4.86. The summed E-state index contributed by atoms with van der Waals surface area (Å²) < 4.78 is 4.82. The molecule has 0 unspecified atom stereocenters. The quantitative estimate of drug-likeness (QED) is 0.617. The highest BCUT2D eigenvalue weighted by atomic mass is 32.1. The van der Waals surface area contributed by atoms with Crippen LogP contribution in [0.25, 0.3) is 0 Å². The molecule has 2 N–H and O–H groups in total. The first-order chi connectivity index (χ1) is 7.63. The molecule has 0 saturated carbocycles. The van der Waals surface area contributed by atoms with Crippen molar-refractivity contribution >= 4 is 23.2 Å². The molecule has 5 heteroatoms. The van der Waals surface area contributed by atoms with E-state index >= 15 is 0 Å². The van der Waals surface area contributed by atoms with E-state index in [0.29, 0.717) is 24.4 Å². The molecule has 0 aliphatic rings. The SMILES string of the molecule is CCOC(=O)CCc1cc(C(N)=S)ccn1. The van der Waals surface area contributed by atoms with Crippen molar-refractivity contribution in [1.82, 2.24) is 4.98 Å². The van der Waals surface area contributed by atoms with Crippen LogP contribution in [-0.4, -0.2) is 22.5 Å². The van der Waals surface area contributed by atoms with Gasteiger partial charge >= 0.3 is 5.97 Å². The van der Waals surface area contributed by atoms with Crippen LogP contribution < -0.4 is 5.73 Å². The maximum Gasteiger partial charge on any atom is 0.306 e. The third-order valence-electron chi connectivity index (χ3n) is 1.99. The Balaban J connectivity index is 2.57. The Kier molecular flexibility index (Phi) is 4.85. The number of hydrogen-bond acceptors (Lipinski definition) is 4. The Morgan fingerprint density at radius 1 is 1.62 bits per heavy atom. The minimum absolute atomic E-state index is 0.218. The normalized spacial score (nSPS) is 9.81. The molecular formula is C11H14N2O2S. The van der Waals surface area contributed by atoms with Gasteiger partial charge in [-0.25, -0.2) is 0 Å². The predicted molar refractivity (Wildman–Crippen MR) is 65.1 cm³/mol. The molecule has 1 heterocycles. The van der Waals surface area contributed by atoms with Gasteiger partial charge in [0.25, 0.3) is 0 Å². The number of carbonyl (C=O) groups excluding carboxylic acids is 1. The molecule has 0 aliphatic carbocycles. The number of hydrogen-bond donors (Lipinski definition) is 1. The smallest absolute Gasteiger partial charge is 0.306 e. The van der Waals surface area contributed by atoms with Crippen molar-refractivity contribution in [2.45, 2.75) is 19.8 Å². The van der Waals surface area contributed by atoms with E-state index < -0.39 is 0 Å². The van der Waals surface area contributed by atoms with E-state index in [4.69, 9.17) is 22.7 Å². The lowest BCUT2D eigenvalue weighted by Gasteiger charge is -2.03. The molecule has 0 fully saturated rings. The molecule has 0 bridgehead atoms. The van der Waals surface area contributed by atoms with Gasteiger partial charge in [0.1, 0.15) is 4.99 Å². The zero-order valence-electron chi connectivity index (χ0n) is 9.10. The van der Waals surface area contributed by atoms with Crippen LogP contribution >= 0.6 is 12.2 Å². The van der Waals surface area contributed by atoms with Crippen LogP contribution in [0.5, 0.6) is 0 Å². The highest BCUT2D eigenvalue weighted by Gasteiger charge is 2.04. The van der Waals surface area contributed by atoms with E-state index in [1.54, 1.807) is 25.3 Å². The Labute approximate surface area is 99.8 Å². The van der Waals surface area contributed by atoms with Crippen LogP contribution in [0.4, 0.5) is 0 Å². The third-order valence-corrected chi connectivity index (χ3v) is 2.23. The van der Waals surface area contributed by atoms with Crippen molar-refractivity contribution in [3.8, 4) is 0 Å². The van der Waals surface area contributed by atoms with Gasteiger partial charge < -0.3 is 10.5 Å². The van der Waals surface area contributed by atoms with Gasteiger partial charge in [-0.1, -0.05) is 12.2 Å². The Hall–Kier alpha value is -1.49. The average Bonchev–Trinajstić information content (AvgIpc) is 2.27. The number of rotatable bonds is 5. The highest BCUT2D eigenvalue weighted by molar-refractivity contribution is 7.80. The molecule has 0 aliphatic heterocycles. The largest absolute Gasteiger partial charge is 0.466 e. The van der Waals surface area contributed by atoms with Crippen LogP contribution in [-0.2, 0) is 16.0 Å². The van der Waals surface area contributed by atoms with Crippen molar-refractivity contribution < 1.29 is 9.53 Å². The molecule has 4 nitrogen and oxygen atoms in total. The molecule has 0 spiro atoms. The number of thiocarbonyl (C=S) groups is 1. The summed E-state index contributed by atoms with van der Waals surface area (Å²) in [4.78, 5) is 15.6. The van der Waals surface area contributed by atoms with E-state index in [0.717, 1.165) is 11.3 Å². The fraction of sp³-hybridized carbons (Fsp3) is 0.364. The van der Waals surface area contributed by atoms with Crippen molar-refractivity contribution in [3.63, 3.8) is 0 Å². The minimum Gasteiger partial charge on any atom is -0.466 e. The molecule has 1 aromatic rings. The first-order valence-corrected chi connectivity index (χ1v) is 5.44. The summed E-state index contributed by atoms with van der Waals surface area (Å²) in [5.74, 6) is -0.218. The summed E-state index contributed by atoms with van der Waals surface area (Å²) in [6.45, 7) is 2.18. The fourth-order valence-corrected chi connectivity index (χ4v) is 1.36. The number of nitrogens with zero attached hydrogens (tertiary/aromatic N) is 1. The molecular weight excluding hydrogens is 224 g/mol. The monoisotopic (exact) mass is 238 g/mol. The van der Waals surface area contributed by atoms with Gasteiger partial charge in [-0.2, -0.15) is 0 Å². The number of aryl methyl sites for hydroxylation is 1. The topological polar surface area (TPSA) is 65.2 Å². The van der Waals surface area contributed by atoms with Gasteiger partial charge in [0.15, 0.2) is 0 Å². The van der Waals surface area contributed by atoms with Crippen LogP contribution in [0.1, 0.15) is 24.6 Å². The Morgan fingerprint density at radius 3 is 3.00 bits per heavy atom. The zero-order valence-corrected chi connectivity index (χ0v) is 9.92. The van der Waals surface area contributed by atoms with Crippen molar-refractivity contribution in [2.24, 2.45) is 5.73 Å². The summed E-state index contributed by atoms with van der Waals surface area (Å²) in [5, 5.41) is 0. The molecule has 1 rings (SSSR count). The second-order valence-electron chi connectivity index (χ2n) is 3.21. The van der Waals surface area contributed by atoms with Crippen LogP contribution in [0, 0.1) is 0 Å². The number of carbonyl (C=O) groups is 1. The van der Waals surface area contributed by atoms with Crippen LogP contribution in [0.2, 0.25) is 0 Å². The molecule has 86 valence electrons. The lowest BCUT2D eigenvalue weighted by Crippen LogP contribution is -2.11. The zero-order chi connectivity index (χ0) is 12.0. The van der Waals surface area contributed by atoms with Gasteiger partial charge in [0.2, 0.25) is 0 Å². The lowest BCUT2D eigenvalue weighted by molar-refractivity contribution is -0.143. The molecule has 1 aromatic heterocycles. The number of ether oxygens (including phenoxy) is 1. The van der Waals surface area contributed by atoms with Crippen molar-refractivity contribution in [1.29, 1.82) is 0 Å². The van der Waals surface area contributed by atoms with Gasteiger partial charge in [-0.05, 0) is 19.1 Å². The molecule has 0 radical (unpaired) electrons. The number of aromatic nitrogens is 1. The van der Waals surface area contributed by atoms with Gasteiger partial charge in [-0.3, -0.25) is 9.78 Å². The molecule has 0 aromatic carbocycles. The van der Waals surface area contributed by atoms with E-state index in [-0.39, 0.29) is 5.97 Å². The van der Waals surface area contributed by atoms with E-state index in [1.165, 1.54) is 0 Å². The standard InChI is InChI=1S/C11H14N2O2S/c1-2-15-10(14)4-3-9-7-8(11(12)16)5-6-13-9/h5-7H,2-4H2,1H3,(H2,12,16). The first kappa shape index (κ1) is 12.6. The van der Waals surface area contributed by atoms with Crippen molar-refractivity contribution in [3.05, 3.63) is 29.6 Å². The molecule has 0 amide bonds. The number of pyridine rings is 1. The summed E-state index contributed by atoms with van der Waals surface area (Å²) in [5.41, 5.74) is 7.06. The molecule has 16 heavy (non-hydrogen) atoms. The van der Waals surface area contributed by atoms with Crippen LogP contribution in [0.15, 0.2) is 18.3 Å². The first-order valence-electron chi connectivity index (χ1n) is 5.04. The maximum absolute atomic E-state index is 11.1. The number of nitrogens with two attached hydrogens (primary N) is 1. The van der Waals surface area contributed by atoms with Gasteiger partial charge in [0.05, 0.1) is 13.0 Å². The summed E-state index contributed by atoms with van der Waals surface area (Å²) in [7, 11) is 0. The summed E-state index contributed by atoms with van der Waals surface area (Å²) in [6, 6.07) is 3.54. The maximum atomic E-state index is 11.1. The van der Waals surface area contributed by atoms with E-state index in [1.807, 2.05) is 0 Å². The Bertz CT molecular complexity index is 393. The minimum atomic E-state index is -0.218. The molecule has 0 saturated heterocycles. The van der Waals surface area contributed by atoms with E-state index in [2.05, 4.69) is 4.98 Å². The Morgan fingerprint density at radius 2 is 2.38 bits per heavy atom. The highest BCUT2D eigenvalue weighted by Crippen LogP contribution is 2.05. The lowest BCUT2D eigenvalue weighted by atomic mass is 10.1.